The van der Waals surface area contributed by atoms with Crippen molar-refractivity contribution < 1.29 is 36.3 Å². The summed E-state index contributed by atoms with van der Waals surface area (Å²) in [7, 11) is -5.61. The minimum absolute atomic E-state index is 0. The molecular weight excluding hydrogens is 196 g/mol. The zero-order valence-corrected chi connectivity index (χ0v) is 7.29. The van der Waals surface area contributed by atoms with Gasteiger partial charge in [0.15, 0.2) is 0 Å². The summed E-state index contributed by atoms with van der Waals surface area (Å²) >= 11 is 0. The van der Waals surface area contributed by atoms with Crippen molar-refractivity contribution in [3.05, 3.63) is 0 Å². The zero-order valence-electron chi connectivity index (χ0n) is 3.14. The van der Waals surface area contributed by atoms with E-state index in [4.69, 9.17) is 19.2 Å². The molecule has 0 aromatic carbocycles. The monoisotopic (exact) mass is 195 g/mol. The molecule has 0 rings (SSSR count). The summed E-state index contributed by atoms with van der Waals surface area (Å²) in [6.07, 6.45) is 0. The molecule has 0 atom stereocenters. The van der Waals surface area contributed by atoms with Crippen molar-refractivity contribution in [3.8, 4) is 0 Å². The Bertz CT molecular complexity index is 27.2. The number of hydrogen-bond donors (Lipinski definition) is 0. The standard InChI is InChI=1S/Ca.Cu.O4Si/c;;1-5(2,3)4/q2*+2;-4. The van der Waals surface area contributed by atoms with Crippen LogP contribution in [0.4, 0.5) is 0 Å². The van der Waals surface area contributed by atoms with Crippen LogP contribution in [-0.4, -0.2) is 46.8 Å². The van der Waals surface area contributed by atoms with Gasteiger partial charge in [0.2, 0.25) is 0 Å². The second-order valence-electron chi connectivity index (χ2n) is 0.500. The average Bonchev–Trinajstić information content (AvgIpc) is 0.722. The van der Waals surface area contributed by atoms with Crippen molar-refractivity contribution in [2.45, 2.75) is 0 Å². The van der Waals surface area contributed by atoms with E-state index < -0.39 is 9.05 Å². The van der Waals surface area contributed by atoms with Gasteiger partial charge in [-0.1, -0.05) is 0 Å². The Labute approximate surface area is 82.1 Å². The predicted octanol–water partition coefficient (Wildman–Crippen LogP) is -5.52. The van der Waals surface area contributed by atoms with Crippen LogP contribution in [0.15, 0.2) is 0 Å². The van der Waals surface area contributed by atoms with Crippen molar-refractivity contribution in [2.75, 3.05) is 0 Å². The van der Waals surface area contributed by atoms with Crippen LogP contribution in [0.3, 0.4) is 0 Å². The minimum Gasteiger partial charge on any atom is -0.894 e. The molecule has 0 aliphatic heterocycles. The number of rotatable bonds is 0. The van der Waals surface area contributed by atoms with E-state index in [9.17, 15) is 0 Å². The maximum absolute atomic E-state index is 8.58. The van der Waals surface area contributed by atoms with Gasteiger partial charge >= 0.3 is 54.8 Å². The average molecular weight is 196 g/mol. The summed E-state index contributed by atoms with van der Waals surface area (Å²) in [6, 6.07) is 0. The van der Waals surface area contributed by atoms with E-state index in [0.29, 0.717) is 0 Å². The normalized spacial score (nSPS) is 8.57. The molecule has 7 heavy (non-hydrogen) atoms. The molecule has 0 N–H and O–H groups in total. The molecular formula is CaCuO4Si. The van der Waals surface area contributed by atoms with Crippen LogP contribution in [0.2, 0.25) is 0 Å². The van der Waals surface area contributed by atoms with Crippen LogP contribution in [0.5, 0.6) is 0 Å². The third kappa shape index (κ3) is 79.2. The molecule has 7 heteroatoms. The van der Waals surface area contributed by atoms with Crippen LogP contribution in [-0.2, 0) is 17.1 Å². The van der Waals surface area contributed by atoms with E-state index in [1.165, 1.54) is 0 Å². The van der Waals surface area contributed by atoms with Gasteiger partial charge in [0.05, 0.1) is 0 Å². The van der Waals surface area contributed by atoms with E-state index in [0.717, 1.165) is 0 Å². The quantitative estimate of drug-likeness (QED) is 0.361. The summed E-state index contributed by atoms with van der Waals surface area (Å²) in [4.78, 5) is 34.3. The van der Waals surface area contributed by atoms with Crippen LogP contribution in [0.1, 0.15) is 0 Å². The molecule has 0 heterocycles. The molecule has 0 aromatic heterocycles. The molecule has 0 saturated carbocycles. The maximum Gasteiger partial charge on any atom is 2.00 e. The second-order valence-corrected chi connectivity index (χ2v) is 1.50. The first-order valence-corrected chi connectivity index (χ1v) is 2.45. The van der Waals surface area contributed by atoms with E-state index in [2.05, 4.69) is 0 Å². The molecule has 4 nitrogen and oxygen atoms in total. The Morgan fingerprint density at radius 1 is 0.857 bits per heavy atom. The molecule has 0 aliphatic rings. The SMILES string of the molecule is [Ca+2].[Cu+2].[O-][Si]([O-])([O-])[O-]. The molecule has 41 valence electrons. The molecule has 0 aromatic rings. The van der Waals surface area contributed by atoms with E-state index in [1.54, 1.807) is 0 Å². The van der Waals surface area contributed by atoms with E-state index >= 15 is 0 Å². The Balaban J connectivity index is -0.0000000800. The van der Waals surface area contributed by atoms with Gasteiger partial charge in [-0.2, -0.15) is 0 Å². The van der Waals surface area contributed by atoms with Crippen molar-refractivity contribution in [2.24, 2.45) is 0 Å². The third-order valence-electron chi connectivity index (χ3n) is 0. The molecule has 0 fully saturated rings. The van der Waals surface area contributed by atoms with Crippen LogP contribution < -0.4 is 19.2 Å². The Hall–Kier alpha value is 1.84. The van der Waals surface area contributed by atoms with Gasteiger partial charge in [-0.25, -0.2) is 0 Å². The van der Waals surface area contributed by atoms with Gasteiger partial charge in [-0.3, -0.25) is 0 Å². The van der Waals surface area contributed by atoms with Crippen molar-refractivity contribution in [3.63, 3.8) is 0 Å². The smallest absolute Gasteiger partial charge is 0.894 e. The summed E-state index contributed by atoms with van der Waals surface area (Å²) in [5.41, 5.74) is 0. The summed E-state index contributed by atoms with van der Waals surface area (Å²) in [5, 5.41) is 0. The minimum atomic E-state index is -5.61. The first kappa shape index (κ1) is 15.9. The second kappa shape index (κ2) is 5.96. The molecule has 1 radical (unpaired) electrons. The maximum atomic E-state index is 8.58. The third-order valence-corrected chi connectivity index (χ3v) is 0. The fourth-order valence-corrected chi connectivity index (χ4v) is 0. The molecule has 0 bridgehead atoms. The Kier molecular flexibility index (Phi) is 13.6. The first-order valence-electron chi connectivity index (χ1n) is 0.816. The summed E-state index contributed by atoms with van der Waals surface area (Å²) in [5.74, 6) is 0. The van der Waals surface area contributed by atoms with Crippen LogP contribution in [0.25, 0.3) is 0 Å². The molecule has 0 amide bonds. The Morgan fingerprint density at radius 3 is 0.857 bits per heavy atom. The topological polar surface area (TPSA) is 92.2 Å². The van der Waals surface area contributed by atoms with Crippen molar-refractivity contribution >= 4 is 46.8 Å². The predicted molar refractivity (Wildman–Crippen MR) is 11.5 cm³/mol. The van der Waals surface area contributed by atoms with Crippen LogP contribution in [0, 0.1) is 0 Å². The molecule has 0 saturated heterocycles. The fraction of sp³-hybridized carbons (Fsp3) is 0. The van der Waals surface area contributed by atoms with Gasteiger partial charge in [0.1, 0.15) is 0 Å². The Morgan fingerprint density at radius 2 is 0.857 bits per heavy atom. The van der Waals surface area contributed by atoms with E-state index in [1.807, 2.05) is 0 Å². The molecule has 0 unspecified atom stereocenters. The molecule has 0 aliphatic carbocycles. The van der Waals surface area contributed by atoms with Gasteiger partial charge in [0.25, 0.3) is 0 Å². The zero-order chi connectivity index (χ0) is 4.50. The van der Waals surface area contributed by atoms with Crippen LogP contribution >= 0.6 is 0 Å². The van der Waals surface area contributed by atoms with Gasteiger partial charge in [0, 0.05) is 0 Å². The van der Waals surface area contributed by atoms with Gasteiger partial charge < -0.3 is 28.2 Å². The van der Waals surface area contributed by atoms with Gasteiger partial charge in [-0.05, 0) is 0 Å². The summed E-state index contributed by atoms with van der Waals surface area (Å²) in [6.45, 7) is 0. The van der Waals surface area contributed by atoms with Gasteiger partial charge in [-0.15, -0.1) is 0 Å². The first-order chi connectivity index (χ1) is 2.00. The summed E-state index contributed by atoms with van der Waals surface area (Å²) < 4.78 is 0. The fourth-order valence-electron chi connectivity index (χ4n) is 0. The van der Waals surface area contributed by atoms with Crippen molar-refractivity contribution in [1.29, 1.82) is 0 Å². The largest absolute Gasteiger partial charge is 2.00 e. The molecule has 0 spiro atoms. The number of hydrogen-bond acceptors (Lipinski definition) is 4. The van der Waals surface area contributed by atoms with Crippen molar-refractivity contribution in [1.82, 2.24) is 0 Å². The van der Waals surface area contributed by atoms with E-state index in [-0.39, 0.29) is 54.8 Å².